The Morgan fingerprint density at radius 2 is 1.67 bits per heavy atom. The molecule has 3 fully saturated rings. The zero-order valence-electron chi connectivity index (χ0n) is 13.1. The fraction of sp³-hybridized carbons (Fsp3) is 0.800. The Morgan fingerprint density at radius 3 is 2.14 bits per heavy atom. The average Bonchev–Trinajstić information content (AvgIpc) is 3.02. The Hall–Kier alpha value is -0.425. The van der Waals surface area contributed by atoms with Crippen LogP contribution in [-0.2, 0) is 14.0 Å². The lowest BCUT2D eigenvalue weighted by atomic mass is 9.85. The molecule has 0 radical (unpaired) electrons. The van der Waals surface area contributed by atoms with E-state index in [2.05, 4.69) is 27.7 Å². The van der Waals surface area contributed by atoms with Gasteiger partial charge in [-0.1, -0.05) is 0 Å². The SMILES string of the molecule is CC1(C)OB(c2sc(C3COC3)nc2C2CC2)OC1(C)C. The van der Waals surface area contributed by atoms with Gasteiger partial charge in [0.25, 0.3) is 0 Å². The molecule has 0 aromatic carbocycles. The molecule has 0 atom stereocenters. The summed E-state index contributed by atoms with van der Waals surface area (Å²) in [6, 6.07) is 0. The van der Waals surface area contributed by atoms with E-state index < -0.39 is 0 Å². The summed E-state index contributed by atoms with van der Waals surface area (Å²) in [6.45, 7) is 10.0. The van der Waals surface area contributed by atoms with Crippen molar-refractivity contribution in [3.8, 4) is 0 Å². The largest absolute Gasteiger partial charge is 0.507 e. The van der Waals surface area contributed by atoms with Gasteiger partial charge in [0, 0.05) is 5.92 Å². The van der Waals surface area contributed by atoms with Crippen LogP contribution in [0.2, 0.25) is 0 Å². The van der Waals surface area contributed by atoms with Crippen molar-refractivity contribution in [2.24, 2.45) is 0 Å². The normalized spacial score (nSPS) is 27.9. The summed E-state index contributed by atoms with van der Waals surface area (Å²) in [4.78, 5) is 4.91. The van der Waals surface area contributed by atoms with Crippen molar-refractivity contribution < 1.29 is 14.0 Å². The predicted molar refractivity (Wildman–Crippen MR) is 83.4 cm³/mol. The van der Waals surface area contributed by atoms with E-state index in [1.165, 1.54) is 28.3 Å². The van der Waals surface area contributed by atoms with Gasteiger partial charge in [0.05, 0.1) is 40.8 Å². The molecule has 4 rings (SSSR count). The number of rotatable bonds is 3. The van der Waals surface area contributed by atoms with E-state index in [1.807, 2.05) is 0 Å². The van der Waals surface area contributed by atoms with E-state index in [-0.39, 0.29) is 18.3 Å². The molecular weight excluding hydrogens is 285 g/mol. The average molecular weight is 307 g/mol. The third-order valence-corrected chi connectivity index (χ3v) is 6.37. The number of hydrogen-bond donors (Lipinski definition) is 0. The number of thiazole rings is 1. The Bertz CT molecular complexity index is 547. The molecule has 1 saturated carbocycles. The summed E-state index contributed by atoms with van der Waals surface area (Å²) in [6.07, 6.45) is 2.49. The van der Waals surface area contributed by atoms with Crippen molar-refractivity contribution in [2.75, 3.05) is 13.2 Å². The van der Waals surface area contributed by atoms with Gasteiger partial charge in [-0.05, 0) is 40.5 Å². The highest BCUT2D eigenvalue weighted by Crippen LogP contribution is 2.43. The Kier molecular flexibility index (Phi) is 3.07. The zero-order valence-corrected chi connectivity index (χ0v) is 14.0. The first-order valence-electron chi connectivity index (χ1n) is 7.81. The van der Waals surface area contributed by atoms with Crippen molar-refractivity contribution in [2.45, 2.75) is 63.6 Å². The van der Waals surface area contributed by atoms with Crippen molar-refractivity contribution in [1.29, 1.82) is 0 Å². The van der Waals surface area contributed by atoms with Gasteiger partial charge in [-0.25, -0.2) is 4.98 Å². The maximum atomic E-state index is 6.23. The molecule has 1 aliphatic carbocycles. The van der Waals surface area contributed by atoms with Gasteiger partial charge in [-0.15, -0.1) is 11.3 Å². The molecule has 0 spiro atoms. The standard InChI is InChI=1S/C15H22BNO3S/c1-14(2)15(3,4)20-16(19-14)12-11(9-5-6-9)17-13(21-12)10-7-18-8-10/h9-10H,5-8H2,1-4H3. The summed E-state index contributed by atoms with van der Waals surface area (Å²) in [5, 5.41) is 1.20. The van der Waals surface area contributed by atoms with E-state index in [1.54, 1.807) is 11.3 Å². The van der Waals surface area contributed by atoms with E-state index in [9.17, 15) is 0 Å². The number of ether oxygens (including phenoxy) is 1. The van der Waals surface area contributed by atoms with Crippen LogP contribution in [-0.4, -0.2) is 36.5 Å². The van der Waals surface area contributed by atoms with Crippen molar-refractivity contribution in [3.63, 3.8) is 0 Å². The lowest BCUT2D eigenvalue weighted by Crippen LogP contribution is -2.41. The highest BCUT2D eigenvalue weighted by Gasteiger charge is 2.54. The van der Waals surface area contributed by atoms with Crippen molar-refractivity contribution >= 4 is 23.2 Å². The second kappa shape index (κ2) is 4.54. The molecule has 4 nitrogen and oxygen atoms in total. The van der Waals surface area contributed by atoms with Gasteiger partial charge in [-0.3, -0.25) is 0 Å². The molecule has 0 N–H and O–H groups in total. The van der Waals surface area contributed by atoms with Gasteiger partial charge in [-0.2, -0.15) is 0 Å². The summed E-state index contributed by atoms with van der Waals surface area (Å²) in [5.41, 5.74) is 0.644. The summed E-state index contributed by atoms with van der Waals surface area (Å²) >= 11 is 1.77. The topological polar surface area (TPSA) is 40.6 Å². The van der Waals surface area contributed by atoms with Crippen LogP contribution >= 0.6 is 11.3 Å². The molecule has 3 aliphatic rings. The van der Waals surface area contributed by atoms with Crippen LogP contribution < -0.4 is 4.78 Å². The number of aromatic nitrogens is 1. The lowest BCUT2D eigenvalue weighted by molar-refractivity contribution is 0.00578. The summed E-state index contributed by atoms with van der Waals surface area (Å²) in [7, 11) is -0.266. The van der Waals surface area contributed by atoms with Crippen LogP contribution in [0.25, 0.3) is 0 Å². The summed E-state index contributed by atoms with van der Waals surface area (Å²) in [5.74, 6) is 1.09. The van der Waals surface area contributed by atoms with Gasteiger partial charge >= 0.3 is 7.12 Å². The van der Waals surface area contributed by atoms with E-state index in [4.69, 9.17) is 19.0 Å². The molecular formula is C15H22BNO3S. The molecule has 1 aromatic rings. The first-order chi connectivity index (χ1) is 9.87. The van der Waals surface area contributed by atoms with Crippen LogP contribution in [0.3, 0.4) is 0 Å². The molecule has 114 valence electrons. The number of nitrogens with zero attached hydrogens (tertiary/aromatic N) is 1. The second-order valence-corrected chi connectivity index (χ2v) is 8.46. The molecule has 0 bridgehead atoms. The fourth-order valence-corrected chi connectivity index (χ4v) is 3.86. The molecule has 21 heavy (non-hydrogen) atoms. The van der Waals surface area contributed by atoms with Crippen molar-refractivity contribution in [1.82, 2.24) is 4.98 Å². The smallest absolute Gasteiger partial charge is 0.399 e. The van der Waals surface area contributed by atoms with Gasteiger partial charge < -0.3 is 14.0 Å². The van der Waals surface area contributed by atoms with Gasteiger partial charge in [0.15, 0.2) is 0 Å². The Labute approximate surface area is 130 Å². The van der Waals surface area contributed by atoms with Gasteiger partial charge in [0.1, 0.15) is 5.01 Å². The molecule has 2 aliphatic heterocycles. The van der Waals surface area contributed by atoms with Gasteiger partial charge in [0.2, 0.25) is 0 Å². The third-order valence-electron chi connectivity index (χ3n) is 5.12. The maximum absolute atomic E-state index is 6.23. The van der Waals surface area contributed by atoms with Crippen LogP contribution in [0.1, 0.15) is 63.1 Å². The Balaban J connectivity index is 1.66. The fourth-order valence-electron chi connectivity index (χ4n) is 2.68. The monoisotopic (exact) mass is 307 g/mol. The van der Waals surface area contributed by atoms with Crippen molar-refractivity contribution in [3.05, 3.63) is 10.7 Å². The highest BCUT2D eigenvalue weighted by molar-refractivity contribution is 7.22. The van der Waals surface area contributed by atoms with Crippen LogP contribution in [0.15, 0.2) is 0 Å². The second-order valence-electron chi connectivity index (χ2n) is 7.40. The van der Waals surface area contributed by atoms with Crippen LogP contribution in [0.4, 0.5) is 0 Å². The number of hydrogen-bond acceptors (Lipinski definition) is 5. The lowest BCUT2D eigenvalue weighted by Gasteiger charge is -2.32. The summed E-state index contributed by atoms with van der Waals surface area (Å²) < 4.78 is 19.0. The molecule has 6 heteroatoms. The van der Waals surface area contributed by atoms with E-state index >= 15 is 0 Å². The van der Waals surface area contributed by atoms with Crippen LogP contribution in [0, 0.1) is 0 Å². The zero-order chi connectivity index (χ0) is 14.8. The predicted octanol–water partition coefficient (Wildman–Crippen LogP) is 2.43. The molecule has 2 saturated heterocycles. The minimum atomic E-state index is -0.289. The minimum Gasteiger partial charge on any atom is -0.399 e. The third kappa shape index (κ3) is 2.27. The van der Waals surface area contributed by atoms with E-state index in [0.717, 1.165) is 13.2 Å². The quantitative estimate of drug-likeness (QED) is 0.804. The first kappa shape index (κ1) is 14.2. The Morgan fingerprint density at radius 1 is 1.05 bits per heavy atom. The molecule has 1 aromatic heterocycles. The minimum absolute atomic E-state index is 0.266. The highest BCUT2D eigenvalue weighted by atomic mass is 32.1. The van der Waals surface area contributed by atoms with Crippen LogP contribution in [0.5, 0.6) is 0 Å². The maximum Gasteiger partial charge on any atom is 0.507 e. The molecule has 3 heterocycles. The molecule has 0 amide bonds. The van der Waals surface area contributed by atoms with E-state index in [0.29, 0.717) is 11.8 Å². The first-order valence-corrected chi connectivity index (χ1v) is 8.63. The molecule has 0 unspecified atom stereocenters.